The van der Waals surface area contributed by atoms with Crippen LogP contribution in [0.5, 0.6) is 0 Å². The molecule has 0 bridgehead atoms. The Morgan fingerprint density at radius 3 is 3.05 bits per heavy atom. The largest absolute Gasteiger partial charge is 0.478 e. The van der Waals surface area contributed by atoms with Crippen molar-refractivity contribution >= 4 is 45.4 Å². The third-order valence-electron chi connectivity index (χ3n) is 3.35. The SMILES string of the molecule is CCC1CN(c2ccc(/C=C/C(=O)O)c(Br)c2)CCS1. The number of rotatable bonds is 4. The number of thioether (sulfide) groups is 1. The highest BCUT2D eigenvalue weighted by molar-refractivity contribution is 9.10. The zero-order valence-electron chi connectivity index (χ0n) is 11.4. The van der Waals surface area contributed by atoms with E-state index in [1.807, 2.05) is 6.07 Å². The van der Waals surface area contributed by atoms with Crippen LogP contribution in [0.25, 0.3) is 6.08 Å². The summed E-state index contributed by atoms with van der Waals surface area (Å²) >= 11 is 5.57. The van der Waals surface area contributed by atoms with Crippen LogP contribution in [0.4, 0.5) is 5.69 Å². The van der Waals surface area contributed by atoms with Gasteiger partial charge >= 0.3 is 5.97 Å². The highest BCUT2D eigenvalue weighted by atomic mass is 79.9. The highest BCUT2D eigenvalue weighted by Crippen LogP contribution is 2.29. The first kappa shape index (κ1) is 15.4. The second-order valence-electron chi connectivity index (χ2n) is 4.72. The van der Waals surface area contributed by atoms with Crippen molar-refractivity contribution < 1.29 is 9.90 Å². The molecule has 1 heterocycles. The lowest BCUT2D eigenvalue weighted by Gasteiger charge is -2.33. The van der Waals surface area contributed by atoms with Crippen molar-refractivity contribution in [2.75, 3.05) is 23.7 Å². The van der Waals surface area contributed by atoms with Crippen molar-refractivity contribution in [2.24, 2.45) is 0 Å². The molecule has 1 aliphatic heterocycles. The fourth-order valence-corrected chi connectivity index (χ4v) is 3.89. The van der Waals surface area contributed by atoms with Gasteiger partial charge in [0.1, 0.15) is 0 Å². The fraction of sp³-hybridized carbons (Fsp3) is 0.400. The van der Waals surface area contributed by atoms with Gasteiger partial charge in [-0.3, -0.25) is 0 Å². The van der Waals surface area contributed by atoms with Gasteiger partial charge in [0, 0.05) is 40.3 Å². The predicted octanol–water partition coefficient (Wildman–Crippen LogP) is 3.88. The zero-order valence-corrected chi connectivity index (χ0v) is 13.8. The van der Waals surface area contributed by atoms with Gasteiger partial charge in [0.2, 0.25) is 0 Å². The molecule has 1 fully saturated rings. The van der Waals surface area contributed by atoms with Gasteiger partial charge in [0.25, 0.3) is 0 Å². The lowest BCUT2D eigenvalue weighted by molar-refractivity contribution is -0.131. The van der Waals surface area contributed by atoms with E-state index in [2.05, 4.69) is 51.6 Å². The second-order valence-corrected chi connectivity index (χ2v) is 6.99. The molecule has 0 radical (unpaired) electrons. The third kappa shape index (κ3) is 4.03. The van der Waals surface area contributed by atoms with Crippen molar-refractivity contribution in [1.82, 2.24) is 0 Å². The van der Waals surface area contributed by atoms with Crippen LogP contribution in [-0.4, -0.2) is 35.2 Å². The van der Waals surface area contributed by atoms with Gasteiger partial charge in [-0.1, -0.05) is 28.9 Å². The van der Waals surface area contributed by atoms with Crippen LogP contribution >= 0.6 is 27.7 Å². The van der Waals surface area contributed by atoms with E-state index >= 15 is 0 Å². The molecular weight excluding hydrogens is 338 g/mol. The maximum absolute atomic E-state index is 10.6. The number of halogens is 1. The van der Waals surface area contributed by atoms with Crippen molar-refractivity contribution in [3.63, 3.8) is 0 Å². The van der Waals surface area contributed by atoms with E-state index in [0.717, 1.165) is 35.0 Å². The Labute approximate surface area is 132 Å². The van der Waals surface area contributed by atoms with Crippen LogP contribution < -0.4 is 4.90 Å². The molecule has 1 N–H and O–H groups in total. The van der Waals surface area contributed by atoms with E-state index in [1.165, 1.54) is 12.1 Å². The van der Waals surface area contributed by atoms with Crippen LogP contribution in [0.3, 0.4) is 0 Å². The standard InChI is InChI=1S/C15H18BrNO2S/c1-2-13-10-17(7-8-20-13)12-5-3-11(14(16)9-12)4-6-15(18)19/h3-6,9,13H,2,7-8,10H2,1H3,(H,18,19)/b6-4+. The van der Waals surface area contributed by atoms with Gasteiger partial charge in [0.05, 0.1) is 0 Å². The molecule has 5 heteroatoms. The summed E-state index contributed by atoms with van der Waals surface area (Å²) in [6.07, 6.45) is 3.96. The monoisotopic (exact) mass is 355 g/mol. The molecule has 1 aromatic carbocycles. The average molecular weight is 356 g/mol. The molecule has 108 valence electrons. The molecule has 0 aliphatic carbocycles. The minimum absolute atomic E-state index is 0.703. The minimum atomic E-state index is -0.931. The molecule has 0 saturated carbocycles. The first-order valence-corrected chi connectivity index (χ1v) is 8.51. The Hall–Kier alpha value is -0.940. The van der Waals surface area contributed by atoms with Gasteiger partial charge in [-0.15, -0.1) is 0 Å². The van der Waals surface area contributed by atoms with Crippen LogP contribution in [0.15, 0.2) is 28.7 Å². The molecule has 2 rings (SSSR count). The summed E-state index contributed by atoms with van der Waals surface area (Å²) in [6, 6.07) is 6.10. The second kappa shape index (κ2) is 7.18. The number of hydrogen-bond acceptors (Lipinski definition) is 3. The van der Waals surface area contributed by atoms with Crippen LogP contribution in [0.2, 0.25) is 0 Å². The zero-order chi connectivity index (χ0) is 14.5. The molecular formula is C15H18BrNO2S. The maximum Gasteiger partial charge on any atom is 0.328 e. The number of carbonyl (C=O) groups is 1. The summed E-state index contributed by atoms with van der Waals surface area (Å²) in [5.41, 5.74) is 2.08. The molecule has 3 nitrogen and oxygen atoms in total. The first-order chi connectivity index (χ1) is 9.60. The summed E-state index contributed by atoms with van der Waals surface area (Å²) in [7, 11) is 0. The van der Waals surface area contributed by atoms with E-state index in [9.17, 15) is 4.79 Å². The summed E-state index contributed by atoms with van der Waals surface area (Å²) in [4.78, 5) is 13.0. The maximum atomic E-state index is 10.6. The Bertz CT molecular complexity index is 519. The molecule has 0 aromatic heterocycles. The van der Waals surface area contributed by atoms with Crippen LogP contribution in [0.1, 0.15) is 18.9 Å². The molecule has 20 heavy (non-hydrogen) atoms. The third-order valence-corrected chi connectivity index (χ3v) is 5.41. The predicted molar refractivity (Wildman–Crippen MR) is 89.6 cm³/mol. The number of benzene rings is 1. The minimum Gasteiger partial charge on any atom is -0.478 e. The molecule has 1 aliphatic rings. The molecule has 1 aromatic rings. The smallest absolute Gasteiger partial charge is 0.328 e. The number of anilines is 1. The van der Waals surface area contributed by atoms with E-state index < -0.39 is 5.97 Å². The van der Waals surface area contributed by atoms with Crippen molar-refractivity contribution in [2.45, 2.75) is 18.6 Å². The van der Waals surface area contributed by atoms with E-state index in [4.69, 9.17) is 5.11 Å². The molecule has 0 amide bonds. The van der Waals surface area contributed by atoms with Crippen molar-refractivity contribution in [3.05, 3.63) is 34.3 Å². The normalized spacial score (nSPS) is 19.5. The lowest BCUT2D eigenvalue weighted by atomic mass is 10.1. The number of hydrogen-bond donors (Lipinski definition) is 1. The summed E-state index contributed by atoms with van der Waals surface area (Å²) in [5, 5.41) is 9.37. The summed E-state index contributed by atoms with van der Waals surface area (Å²) in [6.45, 7) is 4.38. The van der Waals surface area contributed by atoms with Gasteiger partial charge in [-0.25, -0.2) is 4.79 Å². The molecule has 1 saturated heterocycles. The number of carboxylic acid groups (broad SMARTS) is 1. The Morgan fingerprint density at radius 2 is 2.40 bits per heavy atom. The Morgan fingerprint density at radius 1 is 1.60 bits per heavy atom. The van der Waals surface area contributed by atoms with Crippen molar-refractivity contribution in [3.8, 4) is 0 Å². The Kier molecular flexibility index (Phi) is 5.54. The van der Waals surface area contributed by atoms with Gasteiger partial charge < -0.3 is 10.0 Å². The van der Waals surface area contributed by atoms with E-state index in [0.29, 0.717) is 5.25 Å². The average Bonchev–Trinajstić information content (AvgIpc) is 2.46. The lowest BCUT2D eigenvalue weighted by Crippen LogP contribution is -2.37. The molecule has 0 spiro atoms. The molecule has 1 unspecified atom stereocenters. The van der Waals surface area contributed by atoms with Gasteiger partial charge in [-0.05, 0) is 30.2 Å². The number of nitrogens with zero attached hydrogens (tertiary/aromatic N) is 1. The first-order valence-electron chi connectivity index (χ1n) is 6.67. The van der Waals surface area contributed by atoms with Crippen molar-refractivity contribution in [1.29, 1.82) is 0 Å². The highest BCUT2D eigenvalue weighted by Gasteiger charge is 2.19. The van der Waals surface area contributed by atoms with E-state index in [-0.39, 0.29) is 0 Å². The molecule has 1 atom stereocenters. The van der Waals surface area contributed by atoms with E-state index in [1.54, 1.807) is 6.08 Å². The van der Waals surface area contributed by atoms with Gasteiger partial charge in [0.15, 0.2) is 0 Å². The number of aliphatic carboxylic acids is 1. The summed E-state index contributed by atoms with van der Waals surface area (Å²) < 4.78 is 0.929. The fourth-order valence-electron chi connectivity index (χ4n) is 2.21. The van der Waals surface area contributed by atoms with Gasteiger partial charge in [-0.2, -0.15) is 11.8 Å². The quantitative estimate of drug-likeness (QED) is 0.832. The topological polar surface area (TPSA) is 40.5 Å². The number of carboxylic acids is 1. The van der Waals surface area contributed by atoms with Crippen LogP contribution in [-0.2, 0) is 4.79 Å². The summed E-state index contributed by atoms with van der Waals surface area (Å²) in [5.74, 6) is 0.233. The Balaban J connectivity index is 2.14. The van der Waals surface area contributed by atoms with Crippen LogP contribution in [0, 0.1) is 0 Å².